The highest BCUT2D eigenvalue weighted by atomic mass is 32.2. The van der Waals surface area contributed by atoms with Crippen molar-refractivity contribution in [2.24, 2.45) is 0 Å². The number of hydrogen-bond donors (Lipinski definition) is 1. The van der Waals surface area contributed by atoms with Crippen molar-refractivity contribution in [3.05, 3.63) is 59.7 Å². The van der Waals surface area contributed by atoms with Gasteiger partial charge in [0, 0.05) is 9.79 Å². The third kappa shape index (κ3) is 2.45. The third-order valence-corrected chi connectivity index (χ3v) is 4.37. The predicted molar refractivity (Wildman–Crippen MR) is 74.9 cm³/mol. The Kier molecular flexibility index (Phi) is 3.39. The van der Waals surface area contributed by atoms with E-state index in [-0.39, 0.29) is 6.10 Å². The van der Waals surface area contributed by atoms with Gasteiger partial charge in [-0.1, -0.05) is 36.0 Å². The summed E-state index contributed by atoms with van der Waals surface area (Å²) in [5, 5.41) is 9.94. The molecule has 18 heavy (non-hydrogen) atoms. The Hall–Kier alpha value is -1.25. The molecule has 0 saturated heterocycles. The number of aryl methyl sites for hydroxylation is 1. The molecule has 1 N–H and O–H groups in total. The molecule has 0 spiro atoms. The van der Waals surface area contributed by atoms with Gasteiger partial charge >= 0.3 is 0 Å². The summed E-state index contributed by atoms with van der Waals surface area (Å²) < 4.78 is 0. The molecule has 0 fully saturated rings. The van der Waals surface area contributed by atoms with Crippen molar-refractivity contribution < 1.29 is 5.11 Å². The maximum atomic E-state index is 9.94. The van der Waals surface area contributed by atoms with Crippen LogP contribution in [0.15, 0.2) is 58.3 Å². The first kappa shape index (κ1) is 11.8. The zero-order chi connectivity index (χ0) is 12.4. The molecule has 1 aliphatic rings. The van der Waals surface area contributed by atoms with E-state index >= 15 is 0 Å². The second-order valence-corrected chi connectivity index (χ2v) is 5.83. The van der Waals surface area contributed by atoms with Gasteiger partial charge in [-0.05, 0) is 54.7 Å². The minimum Gasteiger partial charge on any atom is -0.388 e. The second-order valence-electron chi connectivity index (χ2n) is 4.68. The lowest BCUT2D eigenvalue weighted by Crippen LogP contribution is -2.08. The zero-order valence-electron chi connectivity index (χ0n) is 10.2. The predicted octanol–water partition coefficient (Wildman–Crippen LogP) is 4.21. The van der Waals surface area contributed by atoms with E-state index in [0.29, 0.717) is 0 Å². The first-order valence-electron chi connectivity index (χ1n) is 6.37. The van der Waals surface area contributed by atoms with Crippen LogP contribution in [-0.4, -0.2) is 5.11 Å². The lowest BCUT2D eigenvalue weighted by Gasteiger charge is -2.21. The number of benzene rings is 2. The molecule has 0 heterocycles. The van der Waals surface area contributed by atoms with Gasteiger partial charge in [-0.15, -0.1) is 0 Å². The number of aliphatic hydroxyl groups excluding tert-OH is 1. The Labute approximate surface area is 112 Å². The van der Waals surface area contributed by atoms with Crippen LogP contribution < -0.4 is 0 Å². The van der Waals surface area contributed by atoms with Crippen LogP contribution in [0.2, 0.25) is 0 Å². The van der Waals surface area contributed by atoms with Gasteiger partial charge in [-0.2, -0.15) is 0 Å². The van der Waals surface area contributed by atoms with Gasteiger partial charge in [-0.25, -0.2) is 0 Å². The first-order valence-corrected chi connectivity index (χ1v) is 7.18. The highest BCUT2D eigenvalue weighted by molar-refractivity contribution is 7.99. The Morgan fingerprint density at radius 1 is 1.00 bits per heavy atom. The van der Waals surface area contributed by atoms with Gasteiger partial charge in [0.1, 0.15) is 0 Å². The van der Waals surface area contributed by atoms with Crippen LogP contribution in [-0.2, 0) is 6.42 Å². The zero-order valence-corrected chi connectivity index (χ0v) is 11.0. The first-order chi connectivity index (χ1) is 8.83. The van der Waals surface area contributed by atoms with E-state index in [9.17, 15) is 5.11 Å². The molecule has 2 aromatic carbocycles. The van der Waals surface area contributed by atoms with E-state index in [2.05, 4.69) is 42.5 Å². The van der Waals surface area contributed by atoms with Gasteiger partial charge in [0.25, 0.3) is 0 Å². The normalized spacial score (nSPS) is 18.4. The molecule has 1 nitrogen and oxygen atoms in total. The molecule has 1 aliphatic carbocycles. The van der Waals surface area contributed by atoms with E-state index in [0.717, 1.165) is 24.8 Å². The summed E-state index contributed by atoms with van der Waals surface area (Å²) in [5.74, 6) is 0. The quantitative estimate of drug-likeness (QED) is 0.868. The average Bonchev–Trinajstić information content (AvgIpc) is 2.40. The fourth-order valence-corrected chi connectivity index (χ4v) is 3.36. The molecule has 0 unspecified atom stereocenters. The molecule has 0 amide bonds. The molecule has 2 aromatic rings. The van der Waals surface area contributed by atoms with E-state index < -0.39 is 0 Å². The average molecular weight is 256 g/mol. The largest absolute Gasteiger partial charge is 0.388 e. The van der Waals surface area contributed by atoms with Crippen LogP contribution >= 0.6 is 11.8 Å². The summed E-state index contributed by atoms with van der Waals surface area (Å²) in [5.41, 5.74) is 2.44. The van der Waals surface area contributed by atoms with Gasteiger partial charge in [0.15, 0.2) is 0 Å². The molecule has 92 valence electrons. The van der Waals surface area contributed by atoms with Gasteiger partial charge < -0.3 is 5.11 Å². The molecular formula is C16H16OS. The monoisotopic (exact) mass is 256 g/mol. The van der Waals surface area contributed by atoms with E-state index in [1.54, 1.807) is 11.8 Å². The van der Waals surface area contributed by atoms with Crippen LogP contribution in [0.4, 0.5) is 0 Å². The van der Waals surface area contributed by atoms with Crippen LogP contribution in [0, 0.1) is 0 Å². The molecule has 0 saturated carbocycles. The lowest BCUT2D eigenvalue weighted by molar-refractivity contribution is 0.156. The smallest absolute Gasteiger partial charge is 0.0792 e. The number of aliphatic hydroxyl groups is 1. The van der Waals surface area contributed by atoms with Crippen LogP contribution in [0.25, 0.3) is 0 Å². The number of fused-ring (bicyclic) bond motifs is 1. The van der Waals surface area contributed by atoms with Gasteiger partial charge in [0.2, 0.25) is 0 Å². The minimum absolute atomic E-state index is 0.260. The highest BCUT2D eigenvalue weighted by Crippen LogP contribution is 2.34. The molecule has 3 rings (SSSR count). The second kappa shape index (κ2) is 5.17. The van der Waals surface area contributed by atoms with E-state index in [4.69, 9.17) is 0 Å². The lowest BCUT2D eigenvalue weighted by atomic mass is 9.90. The van der Waals surface area contributed by atoms with Crippen molar-refractivity contribution in [1.82, 2.24) is 0 Å². The summed E-state index contributed by atoms with van der Waals surface area (Å²) >= 11 is 1.78. The molecular weight excluding hydrogens is 240 g/mol. The molecule has 1 atom stereocenters. The van der Waals surface area contributed by atoms with Crippen molar-refractivity contribution in [2.45, 2.75) is 35.2 Å². The van der Waals surface area contributed by atoms with E-state index in [1.807, 2.05) is 6.07 Å². The molecule has 0 aromatic heterocycles. The van der Waals surface area contributed by atoms with Crippen molar-refractivity contribution in [1.29, 1.82) is 0 Å². The summed E-state index contributed by atoms with van der Waals surface area (Å²) in [6, 6.07) is 16.8. The summed E-state index contributed by atoms with van der Waals surface area (Å²) in [4.78, 5) is 2.52. The Morgan fingerprint density at radius 2 is 1.83 bits per heavy atom. The maximum Gasteiger partial charge on any atom is 0.0792 e. The summed E-state index contributed by atoms with van der Waals surface area (Å²) in [6.07, 6.45) is 2.83. The maximum absolute atomic E-state index is 9.94. The van der Waals surface area contributed by atoms with Crippen molar-refractivity contribution in [3.63, 3.8) is 0 Å². The molecule has 0 aliphatic heterocycles. The summed E-state index contributed by atoms with van der Waals surface area (Å²) in [6.45, 7) is 0. The molecule has 0 bridgehead atoms. The molecule has 0 radical (unpaired) electrons. The Morgan fingerprint density at radius 3 is 2.67 bits per heavy atom. The van der Waals surface area contributed by atoms with Gasteiger partial charge in [-0.3, -0.25) is 0 Å². The van der Waals surface area contributed by atoms with Crippen molar-refractivity contribution in [2.75, 3.05) is 0 Å². The minimum atomic E-state index is -0.260. The fourth-order valence-electron chi connectivity index (χ4n) is 2.45. The summed E-state index contributed by atoms with van der Waals surface area (Å²) in [7, 11) is 0. The number of rotatable bonds is 2. The Balaban J connectivity index is 1.86. The van der Waals surface area contributed by atoms with Gasteiger partial charge in [0.05, 0.1) is 6.10 Å². The SMILES string of the molecule is O[C@@H]1CCCc2cc(Sc3ccccc3)ccc21. The highest BCUT2D eigenvalue weighted by Gasteiger charge is 2.17. The third-order valence-electron chi connectivity index (χ3n) is 3.38. The van der Waals surface area contributed by atoms with Crippen molar-refractivity contribution in [3.8, 4) is 0 Å². The van der Waals surface area contributed by atoms with Crippen LogP contribution in [0.1, 0.15) is 30.1 Å². The van der Waals surface area contributed by atoms with E-state index in [1.165, 1.54) is 15.4 Å². The Bertz CT molecular complexity index is 536. The fraction of sp³-hybridized carbons (Fsp3) is 0.250. The topological polar surface area (TPSA) is 20.2 Å². The van der Waals surface area contributed by atoms with Crippen LogP contribution in [0.3, 0.4) is 0 Å². The molecule has 2 heteroatoms. The number of hydrogen-bond acceptors (Lipinski definition) is 2. The van der Waals surface area contributed by atoms with Crippen molar-refractivity contribution >= 4 is 11.8 Å². The van der Waals surface area contributed by atoms with Crippen LogP contribution in [0.5, 0.6) is 0 Å². The standard InChI is InChI=1S/C16H16OS/c17-16-8-4-5-12-11-14(9-10-15(12)16)18-13-6-2-1-3-7-13/h1-3,6-7,9-11,16-17H,4-5,8H2/t16-/m1/s1.